The van der Waals surface area contributed by atoms with E-state index >= 15 is 0 Å². The van der Waals surface area contributed by atoms with Crippen molar-refractivity contribution in [2.24, 2.45) is 5.10 Å². The molecule has 2 amide bonds. The number of rotatable bonds is 7. The first kappa shape index (κ1) is 22.1. The van der Waals surface area contributed by atoms with E-state index in [4.69, 9.17) is 32.7 Å². The minimum Gasteiger partial charge on any atom is -0.487 e. The van der Waals surface area contributed by atoms with Gasteiger partial charge in [0.15, 0.2) is 0 Å². The topological polar surface area (TPSA) is 89.0 Å². The second-order valence-electron chi connectivity index (χ2n) is 6.65. The number of hydrogen-bond donors (Lipinski definition) is 2. The van der Waals surface area contributed by atoms with E-state index in [9.17, 15) is 9.59 Å². The van der Waals surface area contributed by atoms with Crippen molar-refractivity contribution in [1.29, 1.82) is 0 Å². The predicted molar refractivity (Wildman–Crippen MR) is 115 cm³/mol. The number of benzene rings is 2. The summed E-state index contributed by atoms with van der Waals surface area (Å²) < 4.78 is 11.1. The number of ether oxygens (including phenoxy) is 2. The fourth-order valence-electron chi connectivity index (χ4n) is 2.76. The van der Waals surface area contributed by atoms with E-state index in [1.807, 2.05) is 12.1 Å². The minimum atomic E-state index is -0.849. The van der Waals surface area contributed by atoms with Crippen molar-refractivity contribution >= 4 is 41.2 Å². The molecule has 158 valence electrons. The Labute approximate surface area is 184 Å². The number of amides is 2. The smallest absolute Gasteiger partial charge is 0.329 e. The summed E-state index contributed by atoms with van der Waals surface area (Å²) >= 11 is 12.1. The van der Waals surface area contributed by atoms with Gasteiger partial charge in [-0.2, -0.15) is 5.10 Å². The number of nitrogens with one attached hydrogen (secondary N) is 2. The number of nitrogens with zero attached hydrogens (tertiary/aromatic N) is 1. The first-order valence-electron chi connectivity index (χ1n) is 9.41. The lowest BCUT2D eigenvalue weighted by atomic mass is 10.2. The van der Waals surface area contributed by atoms with E-state index < -0.39 is 11.8 Å². The molecule has 2 aromatic rings. The zero-order chi connectivity index (χ0) is 21.3. The van der Waals surface area contributed by atoms with Crippen molar-refractivity contribution in [2.75, 3.05) is 13.2 Å². The van der Waals surface area contributed by atoms with E-state index in [0.29, 0.717) is 41.1 Å². The van der Waals surface area contributed by atoms with Gasteiger partial charge < -0.3 is 14.8 Å². The van der Waals surface area contributed by atoms with Gasteiger partial charge in [-0.15, -0.1) is 0 Å². The Morgan fingerprint density at radius 2 is 1.97 bits per heavy atom. The molecule has 2 aromatic carbocycles. The summed E-state index contributed by atoms with van der Waals surface area (Å²) in [5, 5.41) is 7.37. The monoisotopic (exact) mass is 449 g/mol. The average Bonchev–Trinajstić information content (AvgIpc) is 3.26. The van der Waals surface area contributed by atoms with E-state index in [0.717, 1.165) is 18.4 Å². The summed E-state index contributed by atoms with van der Waals surface area (Å²) in [5.74, 6) is -1.09. The second kappa shape index (κ2) is 11.0. The Morgan fingerprint density at radius 1 is 1.17 bits per heavy atom. The van der Waals surface area contributed by atoms with Crippen LogP contribution < -0.4 is 15.5 Å². The van der Waals surface area contributed by atoms with Crippen LogP contribution >= 0.6 is 23.2 Å². The Balaban J connectivity index is 1.45. The van der Waals surface area contributed by atoms with Gasteiger partial charge in [-0.25, -0.2) is 5.43 Å². The van der Waals surface area contributed by atoms with Crippen LogP contribution in [0.3, 0.4) is 0 Å². The molecule has 9 heteroatoms. The molecule has 0 spiro atoms. The zero-order valence-electron chi connectivity index (χ0n) is 16.1. The highest BCUT2D eigenvalue weighted by Gasteiger charge is 2.18. The van der Waals surface area contributed by atoms with Gasteiger partial charge in [-0.1, -0.05) is 35.3 Å². The number of carbonyl (C=O) groups is 2. The van der Waals surface area contributed by atoms with Crippen molar-refractivity contribution in [1.82, 2.24) is 10.7 Å². The summed E-state index contributed by atoms with van der Waals surface area (Å²) in [4.78, 5) is 23.5. The van der Waals surface area contributed by atoms with Crippen molar-refractivity contribution in [3.8, 4) is 5.75 Å². The van der Waals surface area contributed by atoms with Gasteiger partial charge in [0.1, 0.15) is 12.4 Å². The number of carbonyl (C=O) groups excluding carboxylic acids is 2. The molecular weight excluding hydrogens is 429 g/mol. The first-order chi connectivity index (χ1) is 14.5. The molecule has 30 heavy (non-hydrogen) atoms. The summed E-state index contributed by atoms with van der Waals surface area (Å²) in [6.07, 6.45) is 3.19. The Kier molecular flexibility index (Phi) is 8.07. The molecule has 7 nitrogen and oxygen atoms in total. The van der Waals surface area contributed by atoms with Gasteiger partial charge >= 0.3 is 11.8 Å². The lowest BCUT2D eigenvalue weighted by Gasteiger charge is -2.09. The highest BCUT2D eigenvalue weighted by Crippen LogP contribution is 2.26. The first-order valence-corrected chi connectivity index (χ1v) is 10.2. The van der Waals surface area contributed by atoms with Gasteiger partial charge in [-0.05, 0) is 54.3 Å². The van der Waals surface area contributed by atoms with E-state index in [2.05, 4.69) is 15.8 Å². The molecule has 1 fully saturated rings. The summed E-state index contributed by atoms with van der Waals surface area (Å²) in [6.45, 7) is 1.34. The molecule has 2 N–H and O–H groups in total. The summed E-state index contributed by atoms with van der Waals surface area (Å²) in [7, 11) is 0. The third kappa shape index (κ3) is 6.73. The number of hydrazone groups is 1. The third-order valence-corrected chi connectivity index (χ3v) is 4.91. The molecule has 0 aliphatic carbocycles. The van der Waals surface area contributed by atoms with Crippen molar-refractivity contribution in [2.45, 2.75) is 25.6 Å². The second-order valence-corrected chi connectivity index (χ2v) is 7.49. The molecular formula is C21H21Cl2N3O4. The maximum absolute atomic E-state index is 11.8. The van der Waals surface area contributed by atoms with Crippen LogP contribution in [0.5, 0.6) is 5.75 Å². The predicted octanol–water partition coefficient (Wildman–Crippen LogP) is 3.32. The Hall–Kier alpha value is -2.61. The van der Waals surface area contributed by atoms with Gasteiger partial charge in [0, 0.05) is 18.2 Å². The fraction of sp³-hybridized carbons (Fsp3) is 0.286. The molecule has 1 saturated heterocycles. The molecule has 0 aromatic heterocycles. The van der Waals surface area contributed by atoms with E-state index in [1.54, 1.807) is 30.3 Å². The van der Waals surface area contributed by atoms with Crippen LogP contribution in [0, 0.1) is 0 Å². The highest BCUT2D eigenvalue weighted by atomic mass is 35.5. The largest absolute Gasteiger partial charge is 0.487 e. The maximum Gasteiger partial charge on any atom is 0.329 e. The molecule has 1 aliphatic rings. The third-order valence-electron chi connectivity index (χ3n) is 4.36. The molecule has 0 saturated carbocycles. The average molecular weight is 450 g/mol. The molecule has 0 radical (unpaired) electrons. The molecule has 0 unspecified atom stereocenters. The molecule has 1 aliphatic heterocycles. The zero-order valence-corrected chi connectivity index (χ0v) is 17.6. The van der Waals surface area contributed by atoms with Crippen LogP contribution in [-0.4, -0.2) is 37.3 Å². The normalized spacial score (nSPS) is 15.9. The highest BCUT2D eigenvalue weighted by molar-refractivity contribution is 6.35. The standard InChI is InChI=1S/C21H21Cl2N3O4/c22-16-6-3-14(4-7-16)13-30-19-8-5-15(10-18(19)23)11-25-26-21(28)20(27)24-12-17-2-1-9-29-17/h3-8,10-11,17H,1-2,9,12-13H2,(H,24,27)(H,26,28)/b25-11-/t17-/m1/s1. The number of halogens is 2. The molecule has 0 bridgehead atoms. The van der Waals surface area contributed by atoms with Crippen LogP contribution in [-0.2, 0) is 20.9 Å². The molecule has 1 atom stereocenters. The van der Waals surface area contributed by atoms with Gasteiger partial charge in [0.25, 0.3) is 0 Å². The van der Waals surface area contributed by atoms with Crippen LogP contribution in [0.4, 0.5) is 0 Å². The fourth-order valence-corrected chi connectivity index (χ4v) is 3.13. The van der Waals surface area contributed by atoms with E-state index in [1.165, 1.54) is 6.21 Å². The maximum atomic E-state index is 11.8. The Bertz CT molecular complexity index is 913. The van der Waals surface area contributed by atoms with Crippen LogP contribution in [0.25, 0.3) is 0 Å². The summed E-state index contributed by atoms with van der Waals surface area (Å²) in [6, 6.07) is 12.4. The summed E-state index contributed by atoms with van der Waals surface area (Å²) in [5.41, 5.74) is 3.78. The van der Waals surface area contributed by atoms with Gasteiger partial charge in [0.2, 0.25) is 0 Å². The quantitative estimate of drug-likeness (QED) is 0.385. The Morgan fingerprint density at radius 3 is 2.67 bits per heavy atom. The van der Waals surface area contributed by atoms with Gasteiger partial charge in [0.05, 0.1) is 17.3 Å². The van der Waals surface area contributed by atoms with Crippen LogP contribution in [0.2, 0.25) is 10.0 Å². The van der Waals surface area contributed by atoms with Crippen molar-refractivity contribution in [3.63, 3.8) is 0 Å². The van der Waals surface area contributed by atoms with Crippen LogP contribution in [0.15, 0.2) is 47.6 Å². The van der Waals surface area contributed by atoms with Crippen LogP contribution in [0.1, 0.15) is 24.0 Å². The molecule has 3 rings (SSSR count). The number of hydrogen-bond acceptors (Lipinski definition) is 5. The lowest BCUT2D eigenvalue weighted by molar-refractivity contribution is -0.139. The van der Waals surface area contributed by atoms with E-state index in [-0.39, 0.29) is 6.10 Å². The van der Waals surface area contributed by atoms with Crippen molar-refractivity contribution in [3.05, 3.63) is 63.6 Å². The lowest BCUT2D eigenvalue weighted by Crippen LogP contribution is -2.41. The SMILES string of the molecule is O=C(NC[C@H]1CCCO1)C(=O)N/N=C\c1ccc(OCc2ccc(Cl)cc2)c(Cl)c1. The van der Waals surface area contributed by atoms with Gasteiger partial charge in [-0.3, -0.25) is 9.59 Å². The van der Waals surface area contributed by atoms with Crippen molar-refractivity contribution < 1.29 is 19.1 Å². The molecule has 1 heterocycles. The minimum absolute atomic E-state index is 0.0344.